The predicted octanol–water partition coefficient (Wildman–Crippen LogP) is 9.90. The van der Waals surface area contributed by atoms with Crippen LogP contribution in [0.3, 0.4) is 0 Å². The van der Waals surface area contributed by atoms with Crippen LogP contribution >= 0.6 is 0 Å². The summed E-state index contributed by atoms with van der Waals surface area (Å²) in [6.07, 6.45) is 9.93. The van der Waals surface area contributed by atoms with Gasteiger partial charge in [-0.2, -0.15) is 0 Å². The van der Waals surface area contributed by atoms with Crippen LogP contribution in [0.15, 0.2) is 36.5 Å². The number of carboxylic acids is 1. The van der Waals surface area contributed by atoms with E-state index in [0.29, 0.717) is 19.3 Å². The smallest absolute Gasteiger partial charge is 0.303 e. The number of rotatable bonds is 16. The van der Waals surface area contributed by atoms with Gasteiger partial charge in [-0.3, -0.25) is 9.78 Å². The molecule has 2 rings (SSSR count). The molecule has 0 spiro atoms. The number of aromatic nitrogens is 1. The molecule has 0 fully saturated rings. The second kappa shape index (κ2) is 15.4. The predicted molar refractivity (Wildman–Crippen MR) is 186 cm³/mol. The molecule has 2 aromatic rings. The molecule has 0 radical (unpaired) electrons. The van der Waals surface area contributed by atoms with Crippen molar-refractivity contribution < 1.29 is 23.9 Å². The van der Waals surface area contributed by atoms with Crippen molar-refractivity contribution in [2.24, 2.45) is 0 Å². The van der Waals surface area contributed by atoms with Gasteiger partial charge < -0.3 is 19.1 Å². The number of fused-ring (bicyclic) bond motifs is 1. The largest absolute Gasteiger partial charge is 0.481 e. The lowest BCUT2D eigenvalue weighted by Crippen LogP contribution is -2.51. The van der Waals surface area contributed by atoms with Gasteiger partial charge in [0, 0.05) is 23.6 Å². The molecule has 2 unspecified atom stereocenters. The number of carboxylic acid groups (broad SMARTS) is 1. The lowest BCUT2D eigenvalue weighted by Gasteiger charge is -2.44. The van der Waals surface area contributed by atoms with E-state index in [9.17, 15) is 15.0 Å². The standard InChI is InChI=1S/C35H59NO5Si2/c1-12-13-14-20-29(37)33-28-19-16-15-18-27(28)26(25-36-33)23-24-31(41-43(10,11)35(5,6)7)30(21-17-22-32(38)39)40-42(8,9)34(2,3)4/h15-16,18-19,23-25,29-31,37H,12-14,17,20-22H2,1-11H3,(H,38,39)/b24-23+/t29-,30?,31?/m0/s1. The summed E-state index contributed by atoms with van der Waals surface area (Å²) < 4.78 is 14.1. The number of hydrogen-bond donors (Lipinski definition) is 2. The molecule has 0 aliphatic rings. The molecular weight excluding hydrogens is 571 g/mol. The first-order valence-corrected chi connectivity index (χ1v) is 21.9. The number of carbonyl (C=O) groups is 1. The second-order valence-electron chi connectivity index (χ2n) is 15.1. The average molecular weight is 630 g/mol. The van der Waals surface area contributed by atoms with Gasteiger partial charge in [0.25, 0.3) is 0 Å². The fourth-order valence-electron chi connectivity index (χ4n) is 4.61. The van der Waals surface area contributed by atoms with Crippen LogP contribution in [0.2, 0.25) is 36.3 Å². The molecule has 6 nitrogen and oxygen atoms in total. The maximum atomic E-state index is 11.4. The van der Waals surface area contributed by atoms with Crippen LogP contribution in [-0.2, 0) is 13.6 Å². The maximum Gasteiger partial charge on any atom is 0.303 e. The van der Waals surface area contributed by atoms with Crippen LogP contribution in [0.25, 0.3) is 16.8 Å². The summed E-state index contributed by atoms with van der Waals surface area (Å²) in [6.45, 7) is 24.5. The quantitative estimate of drug-likeness (QED) is 0.142. The van der Waals surface area contributed by atoms with Crippen molar-refractivity contribution in [1.82, 2.24) is 4.98 Å². The summed E-state index contributed by atoms with van der Waals surface area (Å²) >= 11 is 0. The average Bonchev–Trinajstić information content (AvgIpc) is 2.88. The Balaban J connectivity index is 2.59. The Morgan fingerprint density at radius 1 is 0.907 bits per heavy atom. The normalized spacial score (nSPS) is 15.6. The Bertz CT molecular complexity index is 1210. The first-order valence-electron chi connectivity index (χ1n) is 16.1. The topological polar surface area (TPSA) is 88.9 Å². The summed E-state index contributed by atoms with van der Waals surface area (Å²) in [5.74, 6) is -0.794. The summed E-state index contributed by atoms with van der Waals surface area (Å²) in [5.41, 5.74) is 1.69. The van der Waals surface area contributed by atoms with Gasteiger partial charge in [-0.15, -0.1) is 0 Å². The molecule has 1 aromatic carbocycles. The van der Waals surface area contributed by atoms with Gasteiger partial charge in [-0.25, -0.2) is 0 Å². The first-order chi connectivity index (χ1) is 19.8. The van der Waals surface area contributed by atoms with Gasteiger partial charge in [0.05, 0.1) is 24.0 Å². The number of aliphatic hydroxyl groups is 1. The van der Waals surface area contributed by atoms with E-state index in [4.69, 9.17) is 13.8 Å². The minimum atomic E-state index is -2.23. The van der Waals surface area contributed by atoms with Gasteiger partial charge in [-0.1, -0.05) is 104 Å². The van der Waals surface area contributed by atoms with Crippen molar-refractivity contribution in [2.45, 2.75) is 148 Å². The molecule has 0 amide bonds. The maximum absolute atomic E-state index is 11.4. The second-order valence-corrected chi connectivity index (χ2v) is 24.6. The Morgan fingerprint density at radius 2 is 1.49 bits per heavy atom. The summed E-state index contributed by atoms with van der Waals surface area (Å²) in [5, 5.41) is 22.4. The van der Waals surface area contributed by atoms with E-state index < -0.39 is 28.7 Å². The van der Waals surface area contributed by atoms with Crippen LogP contribution in [0.5, 0.6) is 0 Å². The highest BCUT2D eigenvalue weighted by Gasteiger charge is 2.44. The van der Waals surface area contributed by atoms with Crippen LogP contribution in [0.4, 0.5) is 0 Å². The molecule has 43 heavy (non-hydrogen) atoms. The van der Waals surface area contributed by atoms with Crippen molar-refractivity contribution in [3.63, 3.8) is 0 Å². The van der Waals surface area contributed by atoms with E-state index in [1.165, 1.54) is 0 Å². The Labute approximate surface area is 263 Å². The van der Waals surface area contributed by atoms with Crippen LogP contribution in [-0.4, -0.2) is 50.0 Å². The van der Waals surface area contributed by atoms with Gasteiger partial charge in [0.2, 0.25) is 0 Å². The SMILES string of the molecule is CCCCC[C@H](O)c1ncc(/C=C/C(O[Si](C)(C)C(C)(C)C)C(CCCC(=O)O)O[Si](C)(C)C(C)(C)C)c2ccccc12. The van der Waals surface area contributed by atoms with E-state index in [1.54, 1.807) is 0 Å². The molecule has 0 saturated heterocycles. The Morgan fingerprint density at radius 3 is 2.05 bits per heavy atom. The third-order valence-electron chi connectivity index (χ3n) is 9.45. The molecular formula is C35H59NO5Si2. The summed E-state index contributed by atoms with van der Waals surface area (Å²) in [4.78, 5) is 16.2. The van der Waals surface area contributed by atoms with Crippen LogP contribution in [0, 0.1) is 0 Å². The zero-order valence-corrected chi connectivity index (χ0v) is 30.8. The van der Waals surface area contributed by atoms with Crippen molar-refractivity contribution in [1.29, 1.82) is 0 Å². The number of unbranched alkanes of at least 4 members (excludes halogenated alkanes) is 2. The minimum absolute atomic E-state index is 0.00277. The van der Waals surface area contributed by atoms with Crippen LogP contribution in [0.1, 0.15) is 111 Å². The highest BCUT2D eigenvalue weighted by atomic mass is 28.4. The lowest BCUT2D eigenvalue weighted by atomic mass is 9.99. The van der Waals surface area contributed by atoms with E-state index in [-0.39, 0.29) is 28.7 Å². The van der Waals surface area contributed by atoms with E-state index >= 15 is 0 Å². The number of hydrogen-bond acceptors (Lipinski definition) is 5. The fraction of sp³-hybridized carbons (Fsp3) is 0.657. The monoisotopic (exact) mass is 629 g/mol. The molecule has 0 aliphatic carbocycles. The first kappa shape index (κ1) is 37.3. The van der Waals surface area contributed by atoms with Crippen molar-refractivity contribution in [3.05, 3.63) is 47.8 Å². The number of nitrogens with zero attached hydrogens (tertiary/aromatic N) is 1. The molecule has 8 heteroatoms. The van der Waals surface area contributed by atoms with E-state index in [2.05, 4.69) is 92.9 Å². The third-order valence-corrected chi connectivity index (χ3v) is 18.4. The molecule has 0 saturated carbocycles. The molecule has 0 aliphatic heterocycles. The number of aliphatic hydroxyl groups excluding tert-OH is 1. The lowest BCUT2D eigenvalue weighted by molar-refractivity contribution is -0.137. The molecule has 0 bridgehead atoms. The zero-order valence-electron chi connectivity index (χ0n) is 28.8. The fourth-order valence-corrected chi connectivity index (χ4v) is 7.24. The highest BCUT2D eigenvalue weighted by molar-refractivity contribution is 6.74. The highest BCUT2D eigenvalue weighted by Crippen LogP contribution is 2.41. The number of benzene rings is 1. The van der Waals surface area contributed by atoms with Crippen molar-refractivity contribution in [2.75, 3.05) is 0 Å². The van der Waals surface area contributed by atoms with Gasteiger partial charge in [0.15, 0.2) is 16.6 Å². The third kappa shape index (κ3) is 10.6. The molecule has 3 atom stereocenters. The number of aliphatic carboxylic acids is 1. The summed E-state index contributed by atoms with van der Waals surface area (Å²) in [7, 11) is -4.43. The summed E-state index contributed by atoms with van der Waals surface area (Å²) in [6, 6.07) is 8.14. The van der Waals surface area contributed by atoms with Crippen molar-refractivity contribution in [3.8, 4) is 0 Å². The Hall–Kier alpha value is -1.85. The van der Waals surface area contributed by atoms with E-state index in [1.807, 2.05) is 24.4 Å². The molecule has 1 heterocycles. The molecule has 1 aromatic heterocycles. The minimum Gasteiger partial charge on any atom is -0.481 e. The van der Waals surface area contributed by atoms with Gasteiger partial charge >= 0.3 is 5.97 Å². The van der Waals surface area contributed by atoms with Crippen molar-refractivity contribution >= 4 is 39.5 Å². The number of pyridine rings is 1. The Kier molecular flexibility index (Phi) is 13.4. The van der Waals surface area contributed by atoms with Gasteiger partial charge in [0.1, 0.15) is 0 Å². The van der Waals surface area contributed by atoms with E-state index in [0.717, 1.165) is 41.3 Å². The van der Waals surface area contributed by atoms with Gasteiger partial charge in [-0.05, 0) is 60.9 Å². The van der Waals surface area contributed by atoms with Crippen LogP contribution < -0.4 is 0 Å². The molecule has 242 valence electrons. The zero-order chi connectivity index (χ0) is 32.6. The molecule has 2 N–H and O–H groups in total.